The molecule has 0 saturated carbocycles. The van der Waals surface area contributed by atoms with E-state index >= 15 is 0 Å². The van der Waals surface area contributed by atoms with Crippen LogP contribution in [0.2, 0.25) is 0 Å². The highest BCUT2D eigenvalue weighted by Gasteiger charge is 2.32. The largest absolute Gasteiger partial charge is 0.459 e. The van der Waals surface area contributed by atoms with Crippen molar-refractivity contribution in [1.29, 1.82) is 0 Å². The molecule has 1 unspecified atom stereocenters. The van der Waals surface area contributed by atoms with Crippen LogP contribution in [0, 0.1) is 19.8 Å². The molecule has 2 saturated heterocycles. The molecule has 32 heavy (non-hydrogen) atoms. The van der Waals surface area contributed by atoms with Crippen LogP contribution in [0.3, 0.4) is 0 Å². The molecular formula is C24H38N4O4. The normalized spacial score (nSPS) is 19.4. The van der Waals surface area contributed by atoms with Crippen molar-refractivity contribution in [3.05, 3.63) is 22.5 Å². The molecule has 0 bridgehead atoms. The Hall–Kier alpha value is -2.35. The molecule has 8 heteroatoms. The van der Waals surface area contributed by atoms with Gasteiger partial charge in [-0.05, 0) is 85.0 Å². The van der Waals surface area contributed by atoms with E-state index in [1.54, 1.807) is 32.6 Å². The van der Waals surface area contributed by atoms with Gasteiger partial charge < -0.3 is 24.8 Å². The predicted molar refractivity (Wildman–Crippen MR) is 123 cm³/mol. The fourth-order valence-corrected chi connectivity index (χ4v) is 4.74. The van der Waals surface area contributed by atoms with Gasteiger partial charge in [-0.15, -0.1) is 0 Å². The Balaban J connectivity index is 1.55. The van der Waals surface area contributed by atoms with E-state index in [-0.39, 0.29) is 23.8 Å². The lowest BCUT2D eigenvalue weighted by Gasteiger charge is -2.32. The number of aromatic nitrogens is 1. The van der Waals surface area contributed by atoms with Crippen LogP contribution in [-0.2, 0) is 9.53 Å². The Labute approximate surface area is 191 Å². The average Bonchev–Trinajstić information content (AvgIpc) is 3.37. The van der Waals surface area contributed by atoms with E-state index < -0.39 is 5.97 Å². The van der Waals surface area contributed by atoms with Crippen LogP contribution < -0.4 is 5.32 Å². The zero-order valence-electron chi connectivity index (χ0n) is 20.0. The minimum absolute atomic E-state index is 0.0320. The predicted octanol–water partition coefficient (Wildman–Crippen LogP) is 2.65. The molecule has 0 radical (unpaired) electrons. The van der Waals surface area contributed by atoms with Crippen molar-refractivity contribution >= 4 is 17.8 Å². The number of aryl methyl sites for hydroxylation is 1. The van der Waals surface area contributed by atoms with Crippen LogP contribution in [0.25, 0.3) is 0 Å². The molecular weight excluding hydrogens is 408 g/mol. The molecule has 2 fully saturated rings. The molecule has 1 atom stereocenters. The number of piperidine rings is 1. The highest BCUT2D eigenvalue weighted by atomic mass is 16.5. The lowest BCUT2D eigenvalue weighted by Crippen LogP contribution is -2.46. The van der Waals surface area contributed by atoms with Gasteiger partial charge in [0.2, 0.25) is 5.91 Å². The number of nitrogens with one attached hydrogen (secondary N) is 2. The standard InChI is InChI=1S/C24H38N4O4/c1-16(2)32-24(31)20-17(3)21(26-18(20)4)23(30)28-14-7-9-19(15-28)22(29)25-10-8-13-27-11-5-6-12-27/h16,19,26H,5-15H2,1-4H3,(H,25,29). The van der Waals surface area contributed by atoms with Crippen molar-refractivity contribution in [3.8, 4) is 0 Å². The van der Waals surface area contributed by atoms with Gasteiger partial charge in [-0.3, -0.25) is 9.59 Å². The average molecular weight is 447 g/mol. The van der Waals surface area contributed by atoms with Crippen molar-refractivity contribution in [1.82, 2.24) is 20.1 Å². The van der Waals surface area contributed by atoms with Crippen molar-refractivity contribution in [2.75, 3.05) is 39.3 Å². The van der Waals surface area contributed by atoms with E-state index in [4.69, 9.17) is 4.74 Å². The van der Waals surface area contributed by atoms with Crippen LogP contribution >= 0.6 is 0 Å². The van der Waals surface area contributed by atoms with Crippen molar-refractivity contribution < 1.29 is 19.1 Å². The maximum Gasteiger partial charge on any atom is 0.340 e. The molecule has 1 aromatic rings. The summed E-state index contributed by atoms with van der Waals surface area (Å²) in [5.41, 5.74) is 2.06. The van der Waals surface area contributed by atoms with E-state index in [1.165, 1.54) is 25.9 Å². The monoisotopic (exact) mass is 446 g/mol. The first-order valence-corrected chi connectivity index (χ1v) is 12.0. The second-order valence-electron chi connectivity index (χ2n) is 9.36. The zero-order chi connectivity index (χ0) is 23.3. The first kappa shape index (κ1) is 24.3. The minimum Gasteiger partial charge on any atom is -0.459 e. The summed E-state index contributed by atoms with van der Waals surface area (Å²) in [7, 11) is 0. The second-order valence-corrected chi connectivity index (χ2v) is 9.36. The van der Waals surface area contributed by atoms with Crippen molar-refractivity contribution in [2.24, 2.45) is 5.92 Å². The van der Waals surface area contributed by atoms with Gasteiger partial charge in [0.05, 0.1) is 17.6 Å². The number of carbonyl (C=O) groups excluding carboxylic acids is 3. The van der Waals surface area contributed by atoms with Gasteiger partial charge in [0, 0.05) is 25.3 Å². The van der Waals surface area contributed by atoms with Gasteiger partial charge in [-0.2, -0.15) is 0 Å². The Morgan fingerprint density at radius 1 is 1.12 bits per heavy atom. The summed E-state index contributed by atoms with van der Waals surface area (Å²) in [6, 6.07) is 0. The molecule has 8 nitrogen and oxygen atoms in total. The number of amides is 2. The maximum atomic E-state index is 13.2. The van der Waals surface area contributed by atoms with Gasteiger partial charge in [-0.1, -0.05) is 0 Å². The van der Waals surface area contributed by atoms with E-state index in [1.807, 2.05) is 0 Å². The number of hydrogen-bond acceptors (Lipinski definition) is 5. The van der Waals surface area contributed by atoms with E-state index in [9.17, 15) is 14.4 Å². The Bertz CT molecular complexity index is 826. The van der Waals surface area contributed by atoms with Gasteiger partial charge in [0.1, 0.15) is 5.69 Å². The Morgan fingerprint density at radius 2 is 1.84 bits per heavy atom. The molecule has 3 rings (SSSR count). The highest BCUT2D eigenvalue weighted by Crippen LogP contribution is 2.24. The summed E-state index contributed by atoms with van der Waals surface area (Å²) in [5, 5.41) is 3.06. The molecule has 2 aliphatic rings. The van der Waals surface area contributed by atoms with Crippen LogP contribution in [0.15, 0.2) is 0 Å². The molecule has 2 amide bonds. The third kappa shape index (κ3) is 5.91. The first-order valence-electron chi connectivity index (χ1n) is 12.0. The summed E-state index contributed by atoms with van der Waals surface area (Å²) in [6.07, 6.45) is 4.86. The Kier molecular flexibility index (Phi) is 8.34. The molecule has 3 heterocycles. The fourth-order valence-electron chi connectivity index (χ4n) is 4.74. The third-order valence-electron chi connectivity index (χ3n) is 6.43. The van der Waals surface area contributed by atoms with Crippen LogP contribution in [0.1, 0.15) is 78.1 Å². The van der Waals surface area contributed by atoms with E-state index in [0.717, 1.165) is 25.8 Å². The molecule has 1 aromatic heterocycles. The third-order valence-corrected chi connectivity index (χ3v) is 6.43. The van der Waals surface area contributed by atoms with Gasteiger partial charge >= 0.3 is 5.97 Å². The molecule has 0 aliphatic carbocycles. The minimum atomic E-state index is -0.421. The maximum absolute atomic E-state index is 13.2. The number of nitrogens with zero attached hydrogens (tertiary/aromatic N) is 2. The SMILES string of the molecule is Cc1[nH]c(C(=O)N2CCCC(C(=O)NCCCN3CCCC3)C2)c(C)c1C(=O)OC(C)C. The number of likely N-dealkylation sites (tertiary alicyclic amines) is 2. The van der Waals surface area contributed by atoms with E-state index in [0.29, 0.717) is 42.1 Å². The van der Waals surface area contributed by atoms with E-state index in [2.05, 4.69) is 15.2 Å². The van der Waals surface area contributed by atoms with Gasteiger partial charge in [0.25, 0.3) is 5.91 Å². The second kappa shape index (κ2) is 11.0. The number of hydrogen-bond donors (Lipinski definition) is 2. The number of aromatic amines is 1. The topological polar surface area (TPSA) is 94.7 Å². The number of rotatable bonds is 8. The molecule has 0 spiro atoms. The van der Waals surface area contributed by atoms with Crippen molar-refractivity contribution in [2.45, 2.75) is 65.9 Å². The first-order chi connectivity index (χ1) is 15.3. The van der Waals surface area contributed by atoms with Gasteiger partial charge in [0.15, 0.2) is 0 Å². The number of esters is 1. The van der Waals surface area contributed by atoms with Crippen molar-refractivity contribution in [3.63, 3.8) is 0 Å². The lowest BCUT2D eigenvalue weighted by molar-refractivity contribution is -0.126. The summed E-state index contributed by atoms with van der Waals surface area (Å²) in [5.74, 6) is -0.749. The van der Waals surface area contributed by atoms with Crippen LogP contribution in [-0.4, -0.2) is 77.9 Å². The van der Waals surface area contributed by atoms with Crippen LogP contribution in [0.5, 0.6) is 0 Å². The molecule has 2 N–H and O–H groups in total. The number of ether oxygens (including phenoxy) is 1. The summed E-state index contributed by atoms with van der Waals surface area (Å²) in [4.78, 5) is 45.6. The zero-order valence-corrected chi connectivity index (χ0v) is 20.0. The summed E-state index contributed by atoms with van der Waals surface area (Å²) in [6.45, 7) is 12.2. The number of carbonyl (C=O) groups is 3. The summed E-state index contributed by atoms with van der Waals surface area (Å²) < 4.78 is 5.32. The smallest absolute Gasteiger partial charge is 0.340 e. The quantitative estimate of drug-likeness (QED) is 0.473. The lowest BCUT2D eigenvalue weighted by atomic mass is 9.96. The van der Waals surface area contributed by atoms with Gasteiger partial charge in [-0.25, -0.2) is 4.79 Å². The van der Waals surface area contributed by atoms with Crippen LogP contribution in [0.4, 0.5) is 0 Å². The molecule has 2 aliphatic heterocycles. The number of H-pyrrole nitrogens is 1. The molecule has 0 aromatic carbocycles. The fraction of sp³-hybridized carbons (Fsp3) is 0.708. The summed E-state index contributed by atoms with van der Waals surface area (Å²) >= 11 is 0. The highest BCUT2D eigenvalue weighted by molar-refractivity contribution is 6.00. The Morgan fingerprint density at radius 3 is 2.53 bits per heavy atom. The molecule has 178 valence electrons.